The van der Waals surface area contributed by atoms with E-state index in [-0.39, 0.29) is 36.2 Å². The van der Waals surface area contributed by atoms with Crippen LogP contribution in [0.1, 0.15) is 31.4 Å². The number of hydrogen-bond acceptors (Lipinski definition) is 9. The van der Waals surface area contributed by atoms with Crippen LogP contribution in [0.15, 0.2) is 35.5 Å². The molecule has 1 aromatic carbocycles. The third kappa shape index (κ3) is 5.22. The average molecular weight is 588 g/mol. The van der Waals surface area contributed by atoms with Crippen LogP contribution in [-0.2, 0) is 28.7 Å². The zero-order valence-corrected chi connectivity index (χ0v) is 22.9. The van der Waals surface area contributed by atoms with E-state index in [2.05, 4.69) is 10.6 Å². The van der Waals surface area contributed by atoms with Crippen LogP contribution in [0.25, 0.3) is 0 Å². The molecule has 14 nitrogen and oxygen atoms in total. The summed E-state index contributed by atoms with van der Waals surface area (Å²) in [4.78, 5) is 79.9. The van der Waals surface area contributed by atoms with Crippen molar-refractivity contribution in [3.8, 4) is 5.75 Å². The summed E-state index contributed by atoms with van der Waals surface area (Å²) in [6.07, 6.45) is 1.08. The highest BCUT2D eigenvalue weighted by molar-refractivity contribution is 8.00. The molecule has 1 aromatic rings. The molecule has 0 aliphatic carbocycles. The first kappa shape index (κ1) is 28.4. The second kappa shape index (κ2) is 11.4. The second-order valence-electron chi connectivity index (χ2n) is 9.89. The molecular formula is C26H29N5O9S. The molecule has 4 heterocycles. The normalized spacial score (nSPS) is 25.0. The number of aliphatic carboxylic acids is 1. The Morgan fingerprint density at radius 1 is 1.12 bits per heavy atom. The van der Waals surface area contributed by atoms with Crippen molar-refractivity contribution in [2.24, 2.45) is 0 Å². The van der Waals surface area contributed by atoms with Gasteiger partial charge in [-0.2, -0.15) is 0 Å². The first-order valence-corrected chi connectivity index (χ1v) is 14.2. The Balaban J connectivity index is 1.34. The quantitative estimate of drug-likeness (QED) is 0.245. The molecule has 6 amide bonds. The van der Waals surface area contributed by atoms with E-state index < -0.39 is 53.1 Å². The maximum atomic E-state index is 13.5. The monoisotopic (exact) mass is 587 g/mol. The zero-order valence-electron chi connectivity index (χ0n) is 22.1. The number of thioether (sulfide) groups is 1. The van der Waals surface area contributed by atoms with Crippen molar-refractivity contribution in [3.05, 3.63) is 41.1 Å². The lowest BCUT2D eigenvalue weighted by Crippen LogP contribution is -2.71. The van der Waals surface area contributed by atoms with Crippen LogP contribution in [0.3, 0.4) is 0 Å². The fourth-order valence-corrected chi connectivity index (χ4v) is 6.73. The Hall–Kier alpha value is -4.11. The van der Waals surface area contributed by atoms with Gasteiger partial charge in [-0.1, -0.05) is 12.1 Å². The van der Waals surface area contributed by atoms with Gasteiger partial charge in [0.05, 0.1) is 6.10 Å². The molecule has 0 bridgehead atoms. The fraction of sp³-hybridized carbons (Fsp3) is 0.462. The fourth-order valence-electron chi connectivity index (χ4n) is 5.32. The van der Waals surface area contributed by atoms with Gasteiger partial charge in [0.1, 0.15) is 28.9 Å². The number of nitrogens with zero attached hydrogens (tertiary/aromatic N) is 3. The lowest BCUT2D eigenvalue weighted by atomic mass is 9.98. The molecule has 4 aliphatic rings. The highest BCUT2D eigenvalue weighted by Gasteiger charge is 2.55. The number of ether oxygens (including phenoxy) is 1. The van der Waals surface area contributed by atoms with Gasteiger partial charge in [-0.05, 0) is 43.0 Å². The number of carboxylic acids is 1. The number of benzene rings is 1. The summed E-state index contributed by atoms with van der Waals surface area (Å²) >= 11 is 1.31. The molecule has 4 aliphatic heterocycles. The van der Waals surface area contributed by atoms with Gasteiger partial charge in [0.25, 0.3) is 5.91 Å². The molecule has 3 fully saturated rings. The molecule has 4 N–H and O–H groups in total. The molecule has 0 saturated carbocycles. The van der Waals surface area contributed by atoms with E-state index in [0.29, 0.717) is 30.9 Å². The molecule has 41 heavy (non-hydrogen) atoms. The standard InChI is InChI=1S/C26H29N5O9S/c1-2-29-9-10-30(23(36)22(29)35)26(39)28-17(13-5-7-14(32)8-6-13)20(33)27-18-21(34)31-19(25(37)38)15(12-41-24(18)31)16-4-3-11-40-16/h5-8,16-18,24,32H,2-4,9-12H2,1H3,(H,27,33)(H,28,39)(H,37,38)/t16-,17+,18+,24+/m0/s1. The second-order valence-corrected chi connectivity index (χ2v) is 11.0. The van der Waals surface area contributed by atoms with Crippen LogP contribution in [0.5, 0.6) is 5.75 Å². The Morgan fingerprint density at radius 2 is 1.85 bits per heavy atom. The molecule has 0 radical (unpaired) electrons. The molecule has 0 aromatic heterocycles. The van der Waals surface area contributed by atoms with E-state index in [1.807, 2.05) is 0 Å². The largest absolute Gasteiger partial charge is 0.508 e. The number of likely N-dealkylation sites (N-methyl/N-ethyl adjacent to an activating group) is 1. The Labute approximate surface area is 238 Å². The Bertz CT molecular complexity index is 1330. The van der Waals surface area contributed by atoms with Crippen molar-refractivity contribution >= 4 is 47.4 Å². The van der Waals surface area contributed by atoms with E-state index in [0.717, 1.165) is 16.2 Å². The maximum absolute atomic E-state index is 13.5. The summed E-state index contributed by atoms with van der Waals surface area (Å²) in [7, 11) is 0. The maximum Gasteiger partial charge on any atom is 0.352 e. The van der Waals surface area contributed by atoms with Crippen molar-refractivity contribution in [2.45, 2.75) is 43.3 Å². The van der Waals surface area contributed by atoms with Gasteiger partial charge in [0, 0.05) is 32.0 Å². The first-order chi connectivity index (χ1) is 19.6. The molecule has 5 rings (SSSR count). The highest BCUT2D eigenvalue weighted by Crippen LogP contribution is 2.43. The summed E-state index contributed by atoms with van der Waals surface area (Å²) in [6.45, 7) is 2.60. The van der Waals surface area contributed by atoms with Crippen molar-refractivity contribution in [2.75, 3.05) is 32.0 Å². The number of urea groups is 1. The SMILES string of the molecule is CCN1CCN(C(=O)N[C@@H](C(=O)N[C@@H]2C(=O)N3C(C(=O)O)=C([C@@H]4CCCO4)CS[C@H]23)c2ccc(O)cc2)C(=O)C1=O. The van der Waals surface area contributed by atoms with Gasteiger partial charge in [-0.25, -0.2) is 9.59 Å². The number of phenols is 1. The van der Waals surface area contributed by atoms with Gasteiger partial charge >= 0.3 is 23.8 Å². The molecule has 0 spiro atoms. The summed E-state index contributed by atoms with van der Waals surface area (Å²) < 4.78 is 5.66. The summed E-state index contributed by atoms with van der Waals surface area (Å²) in [5, 5.41) is 24.0. The number of rotatable bonds is 7. The summed E-state index contributed by atoms with van der Waals surface area (Å²) in [5.74, 6) is -4.30. The third-order valence-corrected chi connectivity index (χ3v) is 8.81. The molecule has 0 unspecified atom stereocenters. The molecular weight excluding hydrogens is 558 g/mol. The van der Waals surface area contributed by atoms with Crippen molar-refractivity contribution in [1.82, 2.24) is 25.3 Å². The number of phenolic OH excluding ortho intramolecular Hbond substituents is 1. The van der Waals surface area contributed by atoms with E-state index in [1.54, 1.807) is 6.92 Å². The van der Waals surface area contributed by atoms with E-state index >= 15 is 0 Å². The van der Waals surface area contributed by atoms with Gasteiger partial charge < -0.3 is 30.5 Å². The Morgan fingerprint density at radius 3 is 2.49 bits per heavy atom. The highest BCUT2D eigenvalue weighted by atomic mass is 32.2. The number of β-lactam (4-membered cyclic amide) rings is 1. The smallest absolute Gasteiger partial charge is 0.352 e. The van der Waals surface area contributed by atoms with Crippen molar-refractivity contribution in [1.29, 1.82) is 0 Å². The van der Waals surface area contributed by atoms with Gasteiger partial charge in [0.15, 0.2) is 0 Å². The van der Waals surface area contributed by atoms with Crippen molar-refractivity contribution in [3.63, 3.8) is 0 Å². The summed E-state index contributed by atoms with van der Waals surface area (Å²) in [6, 6.07) is 1.96. The minimum atomic E-state index is -1.40. The van der Waals surface area contributed by atoms with Crippen molar-refractivity contribution < 1.29 is 43.7 Å². The van der Waals surface area contributed by atoms with Gasteiger partial charge in [-0.15, -0.1) is 11.8 Å². The zero-order chi connectivity index (χ0) is 29.4. The number of carbonyl (C=O) groups excluding carboxylic acids is 5. The number of piperazine rings is 1. The van der Waals surface area contributed by atoms with Crippen LogP contribution in [0.4, 0.5) is 4.79 Å². The number of hydrogen-bond donors (Lipinski definition) is 4. The van der Waals surface area contributed by atoms with E-state index in [9.17, 15) is 39.0 Å². The molecule has 15 heteroatoms. The van der Waals surface area contributed by atoms with Gasteiger partial charge in [-0.3, -0.25) is 29.0 Å². The van der Waals surface area contributed by atoms with Crippen LogP contribution >= 0.6 is 11.8 Å². The predicted molar refractivity (Wildman–Crippen MR) is 142 cm³/mol. The Kier molecular flexibility index (Phi) is 7.91. The number of carbonyl (C=O) groups is 6. The number of imide groups is 1. The minimum Gasteiger partial charge on any atom is -0.508 e. The van der Waals surface area contributed by atoms with Crippen LogP contribution < -0.4 is 10.6 Å². The number of aromatic hydroxyl groups is 1. The minimum absolute atomic E-state index is 0.0692. The molecule has 4 atom stereocenters. The first-order valence-electron chi connectivity index (χ1n) is 13.2. The lowest BCUT2D eigenvalue weighted by Gasteiger charge is -2.50. The molecule has 218 valence electrons. The third-order valence-electron chi connectivity index (χ3n) is 7.51. The predicted octanol–water partition coefficient (Wildman–Crippen LogP) is -0.249. The number of amides is 6. The molecule has 3 saturated heterocycles. The lowest BCUT2D eigenvalue weighted by molar-refractivity contribution is -0.153. The number of nitrogens with one attached hydrogen (secondary N) is 2. The van der Waals surface area contributed by atoms with Crippen LogP contribution in [0.2, 0.25) is 0 Å². The number of carboxylic acid groups (broad SMARTS) is 1. The topological polar surface area (TPSA) is 186 Å². The van der Waals surface area contributed by atoms with Gasteiger partial charge in [0.2, 0.25) is 5.91 Å². The number of fused-ring (bicyclic) bond motifs is 1. The van der Waals surface area contributed by atoms with E-state index in [1.165, 1.54) is 40.9 Å². The van der Waals surface area contributed by atoms with E-state index in [4.69, 9.17) is 4.74 Å². The van der Waals surface area contributed by atoms with Crippen LogP contribution in [0, 0.1) is 0 Å². The van der Waals surface area contributed by atoms with Crippen LogP contribution in [-0.4, -0.2) is 110 Å². The summed E-state index contributed by atoms with van der Waals surface area (Å²) in [5.41, 5.74) is 0.645. The average Bonchev–Trinajstić information content (AvgIpc) is 3.50.